The number of methoxy groups -OCH3 is 1. The van der Waals surface area contributed by atoms with E-state index in [1.165, 1.54) is 24.5 Å². The molecule has 0 saturated carbocycles. The second-order valence-corrected chi connectivity index (χ2v) is 6.86. The Bertz CT molecular complexity index is 765. The van der Waals surface area contributed by atoms with Gasteiger partial charge in [0.05, 0.1) is 23.6 Å². The molecule has 0 saturated heterocycles. The predicted molar refractivity (Wildman–Crippen MR) is 91.3 cm³/mol. The molecular formula is C17H19FN2O4S. The summed E-state index contributed by atoms with van der Waals surface area (Å²) < 4.78 is 18.7. The smallest absolute Gasteiger partial charge is 0.305 e. The molecule has 0 fully saturated rings. The molecule has 2 rings (SSSR count). The average molecular weight is 366 g/mol. The maximum absolute atomic E-state index is 13.7. The van der Waals surface area contributed by atoms with Crippen molar-refractivity contribution in [2.75, 3.05) is 13.7 Å². The Labute approximate surface area is 148 Å². The van der Waals surface area contributed by atoms with Gasteiger partial charge in [-0.05, 0) is 18.6 Å². The van der Waals surface area contributed by atoms with E-state index < -0.39 is 17.4 Å². The summed E-state index contributed by atoms with van der Waals surface area (Å²) in [6, 6.07) is 6.39. The number of amides is 1. The molecule has 1 unspecified atom stereocenters. The quantitative estimate of drug-likeness (QED) is 0.749. The third-order valence-corrected chi connectivity index (χ3v) is 4.35. The number of nitrogens with one attached hydrogen (secondary N) is 1. The number of rotatable bonds is 8. The predicted octanol–water partition coefficient (Wildman–Crippen LogP) is 2.48. The molecule has 0 spiro atoms. The molecule has 0 radical (unpaired) electrons. The summed E-state index contributed by atoms with van der Waals surface area (Å²) in [7, 11) is 1.43. The number of carboxylic acids is 1. The summed E-state index contributed by atoms with van der Waals surface area (Å²) in [6.45, 7) is 1.65. The molecule has 0 aliphatic heterocycles. The molecule has 0 aliphatic carbocycles. The third kappa shape index (κ3) is 5.33. The Morgan fingerprint density at radius 3 is 2.76 bits per heavy atom. The summed E-state index contributed by atoms with van der Waals surface area (Å²) in [5.41, 5.74) is -0.379. The van der Waals surface area contributed by atoms with Crippen LogP contribution < -0.4 is 5.32 Å². The van der Waals surface area contributed by atoms with Crippen molar-refractivity contribution in [3.05, 3.63) is 51.7 Å². The normalized spacial score (nSPS) is 13.2. The van der Waals surface area contributed by atoms with Gasteiger partial charge in [-0.15, -0.1) is 11.3 Å². The number of hydrogen-bond donors (Lipinski definition) is 2. The third-order valence-electron chi connectivity index (χ3n) is 3.50. The van der Waals surface area contributed by atoms with E-state index >= 15 is 0 Å². The van der Waals surface area contributed by atoms with Crippen molar-refractivity contribution in [2.45, 2.75) is 25.3 Å². The Balaban J connectivity index is 2.09. The lowest BCUT2D eigenvalue weighted by molar-refractivity contribution is -0.139. The number of carboxylic acid groups (broad SMARTS) is 1. The van der Waals surface area contributed by atoms with Crippen LogP contribution in [0.3, 0.4) is 0 Å². The van der Waals surface area contributed by atoms with E-state index in [-0.39, 0.29) is 31.0 Å². The minimum atomic E-state index is -1.05. The first-order valence-electron chi connectivity index (χ1n) is 7.54. The maximum atomic E-state index is 13.7. The van der Waals surface area contributed by atoms with Gasteiger partial charge in [0.1, 0.15) is 11.5 Å². The standard InChI is InChI=1S/C17H19FN2O4S/c1-17(10-24-2,8-15(21)22)20-16(23)13-9-25-14(19-13)7-11-5-3-4-6-12(11)18/h3-6,9H,7-8,10H2,1-2H3,(H,20,23)(H,21,22). The number of halogens is 1. The van der Waals surface area contributed by atoms with Crippen LogP contribution in [0, 0.1) is 5.82 Å². The number of carbonyl (C=O) groups excluding carboxylic acids is 1. The van der Waals surface area contributed by atoms with E-state index in [1.54, 1.807) is 30.5 Å². The number of aromatic nitrogens is 1. The molecule has 1 aromatic carbocycles. The van der Waals surface area contributed by atoms with Crippen molar-refractivity contribution in [3.8, 4) is 0 Å². The Morgan fingerprint density at radius 2 is 2.12 bits per heavy atom. The van der Waals surface area contributed by atoms with Gasteiger partial charge in [0, 0.05) is 18.9 Å². The summed E-state index contributed by atoms with van der Waals surface area (Å²) in [6.07, 6.45) is 0.00782. The molecule has 1 atom stereocenters. The van der Waals surface area contributed by atoms with Crippen LogP contribution in [0.4, 0.5) is 4.39 Å². The zero-order valence-electron chi connectivity index (χ0n) is 13.9. The van der Waals surface area contributed by atoms with E-state index in [4.69, 9.17) is 9.84 Å². The minimum absolute atomic E-state index is 0.0528. The van der Waals surface area contributed by atoms with Crippen molar-refractivity contribution in [1.82, 2.24) is 10.3 Å². The fourth-order valence-corrected chi connectivity index (χ4v) is 3.22. The highest BCUT2D eigenvalue weighted by Crippen LogP contribution is 2.18. The molecule has 2 N–H and O–H groups in total. The van der Waals surface area contributed by atoms with Crippen LogP contribution in [0.25, 0.3) is 0 Å². The minimum Gasteiger partial charge on any atom is -0.481 e. The topological polar surface area (TPSA) is 88.5 Å². The molecule has 25 heavy (non-hydrogen) atoms. The zero-order chi connectivity index (χ0) is 18.4. The van der Waals surface area contributed by atoms with Gasteiger partial charge in [0.15, 0.2) is 0 Å². The van der Waals surface area contributed by atoms with Gasteiger partial charge >= 0.3 is 5.97 Å². The number of benzene rings is 1. The van der Waals surface area contributed by atoms with Crippen LogP contribution in [0.5, 0.6) is 0 Å². The number of carbonyl (C=O) groups is 2. The van der Waals surface area contributed by atoms with Gasteiger partial charge in [-0.25, -0.2) is 9.37 Å². The summed E-state index contributed by atoms with van der Waals surface area (Å²) in [5, 5.41) is 13.8. The summed E-state index contributed by atoms with van der Waals surface area (Å²) in [5.74, 6) is -1.85. The van der Waals surface area contributed by atoms with E-state index in [2.05, 4.69) is 10.3 Å². The SMILES string of the molecule is COCC(C)(CC(=O)O)NC(=O)c1csc(Cc2ccccc2F)n1. The second-order valence-electron chi connectivity index (χ2n) is 5.91. The van der Waals surface area contributed by atoms with Crippen LogP contribution in [0.15, 0.2) is 29.6 Å². The molecular weight excluding hydrogens is 347 g/mol. The van der Waals surface area contributed by atoms with Crippen LogP contribution in [-0.2, 0) is 16.0 Å². The first-order chi connectivity index (χ1) is 11.8. The van der Waals surface area contributed by atoms with E-state index in [0.29, 0.717) is 10.6 Å². The Hall–Kier alpha value is -2.32. The van der Waals surface area contributed by atoms with Gasteiger partial charge in [-0.2, -0.15) is 0 Å². The Morgan fingerprint density at radius 1 is 1.40 bits per heavy atom. The van der Waals surface area contributed by atoms with Crippen LogP contribution in [0.1, 0.15) is 34.4 Å². The molecule has 8 heteroatoms. The van der Waals surface area contributed by atoms with Crippen molar-refractivity contribution >= 4 is 23.2 Å². The monoisotopic (exact) mass is 366 g/mol. The van der Waals surface area contributed by atoms with Crippen molar-refractivity contribution in [2.24, 2.45) is 0 Å². The molecule has 2 aromatic rings. The second kappa shape index (κ2) is 8.17. The molecule has 6 nitrogen and oxygen atoms in total. The lowest BCUT2D eigenvalue weighted by Gasteiger charge is -2.28. The van der Waals surface area contributed by atoms with Crippen LogP contribution >= 0.6 is 11.3 Å². The lowest BCUT2D eigenvalue weighted by atomic mass is 9.99. The van der Waals surface area contributed by atoms with Crippen molar-refractivity contribution in [3.63, 3.8) is 0 Å². The highest BCUT2D eigenvalue weighted by atomic mass is 32.1. The molecule has 0 aliphatic rings. The number of nitrogens with zero attached hydrogens (tertiary/aromatic N) is 1. The largest absolute Gasteiger partial charge is 0.481 e. The highest BCUT2D eigenvalue weighted by Gasteiger charge is 2.30. The highest BCUT2D eigenvalue weighted by molar-refractivity contribution is 7.09. The molecule has 1 heterocycles. The van der Waals surface area contributed by atoms with E-state index in [1.807, 2.05) is 0 Å². The average Bonchev–Trinajstić information content (AvgIpc) is 2.97. The van der Waals surface area contributed by atoms with Crippen molar-refractivity contribution < 1.29 is 23.8 Å². The molecule has 0 bridgehead atoms. The van der Waals surface area contributed by atoms with Crippen molar-refractivity contribution in [1.29, 1.82) is 0 Å². The van der Waals surface area contributed by atoms with E-state index in [0.717, 1.165) is 0 Å². The van der Waals surface area contributed by atoms with Crippen LogP contribution in [-0.4, -0.2) is 41.2 Å². The first kappa shape index (κ1) is 19.0. The van der Waals surface area contributed by atoms with Gasteiger partial charge in [0.2, 0.25) is 0 Å². The van der Waals surface area contributed by atoms with Gasteiger partial charge in [-0.3, -0.25) is 9.59 Å². The number of hydrogen-bond acceptors (Lipinski definition) is 5. The molecule has 134 valence electrons. The number of aliphatic carboxylic acids is 1. The van der Waals surface area contributed by atoms with Crippen LogP contribution in [0.2, 0.25) is 0 Å². The lowest BCUT2D eigenvalue weighted by Crippen LogP contribution is -2.50. The fraction of sp³-hybridized carbons (Fsp3) is 0.353. The zero-order valence-corrected chi connectivity index (χ0v) is 14.7. The summed E-state index contributed by atoms with van der Waals surface area (Å²) in [4.78, 5) is 27.6. The first-order valence-corrected chi connectivity index (χ1v) is 8.42. The molecule has 1 aromatic heterocycles. The maximum Gasteiger partial charge on any atom is 0.305 e. The summed E-state index contributed by atoms with van der Waals surface area (Å²) >= 11 is 1.25. The fourth-order valence-electron chi connectivity index (χ4n) is 2.42. The van der Waals surface area contributed by atoms with Gasteiger partial charge < -0.3 is 15.2 Å². The van der Waals surface area contributed by atoms with Gasteiger partial charge in [0.25, 0.3) is 5.91 Å². The Kier molecular flexibility index (Phi) is 6.22. The number of ether oxygens (including phenoxy) is 1. The van der Waals surface area contributed by atoms with Gasteiger partial charge in [-0.1, -0.05) is 18.2 Å². The number of thiazole rings is 1. The van der Waals surface area contributed by atoms with E-state index in [9.17, 15) is 14.0 Å². The molecule has 1 amide bonds.